The highest BCUT2D eigenvalue weighted by atomic mass is 32.2. The van der Waals surface area contributed by atoms with Crippen molar-refractivity contribution >= 4 is 45.0 Å². The zero-order valence-electron chi connectivity index (χ0n) is 14.8. The number of hydrogen-bond acceptors (Lipinski definition) is 6. The molecule has 0 spiro atoms. The van der Waals surface area contributed by atoms with Gasteiger partial charge in [-0.1, -0.05) is 48.2 Å². The first-order chi connectivity index (χ1) is 13.6. The van der Waals surface area contributed by atoms with Crippen LogP contribution in [0.25, 0.3) is 22.2 Å². The molecule has 0 bridgehead atoms. The molecule has 4 aromatic rings. The zero-order chi connectivity index (χ0) is 19.5. The number of nitrogens with one attached hydrogen (secondary N) is 1. The van der Waals surface area contributed by atoms with Gasteiger partial charge in [-0.05, 0) is 42.2 Å². The van der Waals surface area contributed by atoms with Crippen molar-refractivity contribution in [3.8, 4) is 11.3 Å². The third kappa shape index (κ3) is 3.88. The average Bonchev–Trinajstić information content (AvgIpc) is 3.15. The van der Waals surface area contributed by atoms with Gasteiger partial charge >= 0.3 is 0 Å². The summed E-state index contributed by atoms with van der Waals surface area (Å²) in [6.45, 7) is 2.03. The van der Waals surface area contributed by atoms with Crippen LogP contribution in [0.1, 0.15) is 17.3 Å². The molecule has 0 aliphatic carbocycles. The van der Waals surface area contributed by atoms with E-state index in [2.05, 4.69) is 20.5 Å². The summed E-state index contributed by atoms with van der Waals surface area (Å²) in [7, 11) is 0. The second-order valence-corrected chi connectivity index (χ2v) is 8.33. The lowest BCUT2D eigenvalue weighted by Gasteiger charge is -2.09. The fourth-order valence-corrected chi connectivity index (χ4v) is 4.38. The van der Waals surface area contributed by atoms with E-state index in [-0.39, 0.29) is 11.7 Å². The van der Waals surface area contributed by atoms with Crippen molar-refractivity contribution in [2.75, 3.05) is 11.1 Å². The van der Waals surface area contributed by atoms with Crippen molar-refractivity contribution in [1.82, 2.24) is 15.2 Å². The second-order valence-electron chi connectivity index (χ2n) is 5.84. The number of thioether (sulfide) groups is 1. The predicted octanol–water partition coefficient (Wildman–Crippen LogP) is 5.26. The third-order valence-electron chi connectivity index (χ3n) is 4.00. The molecule has 8 heteroatoms. The first-order valence-corrected chi connectivity index (χ1v) is 10.4. The lowest BCUT2D eigenvalue weighted by Crippen LogP contribution is -2.13. The molecule has 4 rings (SSSR count). The molecule has 28 heavy (non-hydrogen) atoms. The van der Waals surface area contributed by atoms with E-state index in [0.717, 1.165) is 21.0 Å². The molecule has 2 heterocycles. The van der Waals surface area contributed by atoms with E-state index in [4.69, 9.17) is 0 Å². The van der Waals surface area contributed by atoms with E-state index in [1.165, 1.54) is 23.5 Å². The SMILES string of the molecule is CCSc1nnc(NC(=O)c2cc(-c3ccc(F)cc3)nc3ccccc23)s1. The number of rotatable bonds is 5. The lowest BCUT2D eigenvalue weighted by atomic mass is 10.0. The Morgan fingerprint density at radius 3 is 2.71 bits per heavy atom. The van der Waals surface area contributed by atoms with Crippen LogP contribution in [0.5, 0.6) is 0 Å². The van der Waals surface area contributed by atoms with Gasteiger partial charge in [-0.15, -0.1) is 10.2 Å². The number of fused-ring (bicyclic) bond motifs is 1. The van der Waals surface area contributed by atoms with Crippen molar-refractivity contribution in [2.24, 2.45) is 0 Å². The predicted molar refractivity (Wildman–Crippen MR) is 111 cm³/mol. The Hall–Kier alpha value is -2.84. The molecule has 140 valence electrons. The van der Waals surface area contributed by atoms with Crippen molar-refractivity contribution in [2.45, 2.75) is 11.3 Å². The highest BCUT2D eigenvalue weighted by Gasteiger charge is 2.16. The number of para-hydroxylation sites is 1. The quantitative estimate of drug-likeness (QED) is 0.359. The number of hydrogen-bond donors (Lipinski definition) is 1. The van der Waals surface area contributed by atoms with Crippen LogP contribution in [0, 0.1) is 5.82 Å². The van der Waals surface area contributed by atoms with Crippen LogP contribution in [-0.4, -0.2) is 26.8 Å². The van der Waals surface area contributed by atoms with Crippen LogP contribution in [-0.2, 0) is 0 Å². The number of pyridine rings is 1. The summed E-state index contributed by atoms with van der Waals surface area (Å²) < 4.78 is 14.1. The molecule has 0 aliphatic rings. The Morgan fingerprint density at radius 1 is 1.14 bits per heavy atom. The summed E-state index contributed by atoms with van der Waals surface area (Å²) in [6.07, 6.45) is 0. The van der Waals surface area contributed by atoms with Gasteiger partial charge in [0.05, 0.1) is 16.8 Å². The number of benzene rings is 2. The normalized spacial score (nSPS) is 10.9. The summed E-state index contributed by atoms with van der Waals surface area (Å²) in [6, 6.07) is 15.2. The molecule has 1 N–H and O–H groups in total. The summed E-state index contributed by atoms with van der Waals surface area (Å²) in [5, 5.41) is 12.1. The highest BCUT2D eigenvalue weighted by Crippen LogP contribution is 2.28. The van der Waals surface area contributed by atoms with E-state index in [0.29, 0.717) is 21.9 Å². The molecule has 0 aliphatic heterocycles. The van der Waals surface area contributed by atoms with E-state index >= 15 is 0 Å². The molecule has 0 unspecified atom stereocenters. The lowest BCUT2D eigenvalue weighted by molar-refractivity contribution is 0.102. The largest absolute Gasteiger partial charge is 0.296 e. The minimum absolute atomic E-state index is 0.286. The molecule has 0 saturated heterocycles. The Labute approximate surface area is 169 Å². The minimum Gasteiger partial charge on any atom is -0.296 e. The maximum Gasteiger partial charge on any atom is 0.258 e. The first-order valence-electron chi connectivity index (χ1n) is 8.57. The number of carbonyl (C=O) groups is 1. The molecule has 2 aromatic carbocycles. The molecule has 0 saturated carbocycles. The molecular formula is C20H15FN4OS2. The standard InChI is InChI=1S/C20H15FN4OS2/c1-2-27-20-25-24-19(28-20)23-18(26)15-11-17(12-7-9-13(21)10-8-12)22-16-6-4-3-5-14(15)16/h3-11H,2H2,1H3,(H,23,24,26). The van der Waals surface area contributed by atoms with Gasteiger partial charge in [-0.3, -0.25) is 10.1 Å². The van der Waals surface area contributed by atoms with Gasteiger partial charge in [0.2, 0.25) is 5.13 Å². The van der Waals surface area contributed by atoms with Gasteiger partial charge in [-0.2, -0.15) is 0 Å². The van der Waals surface area contributed by atoms with Crippen LogP contribution in [0.2, 0.25) is 0 Å². The van der Waals surface area contributed by atoms with Gasteiger partial charge in [0.1, 0.15) is 5.82 Å². The summed E-state index contributed by atoms with van der Waals surface area (Å²) >= 11 is 2.91. The van der Waals surface area contributed by atoms with Crippen molar-refractivity contribution in [3.63, 3.8) is 0 Å². The first kappa shape index (κ1) is 18.5. The summed E-state index contributed by atoms with van der Waals surface area (Å²) in [5.74, 6) is 0.282. The summed E-state index contributed by atoms with van der Waals surface area (Å²) in [5.41, 5.74) is 2.50. The van der Waals surface area contributed by atoms with Crippen LogP contribution in [0.15, 0.2) is 58.9 Å². The van der Waals surface area contributed by atoms with Crippen molar-refractivity contribution in [3.05, 3.63) is 66.0 Å². The number of carbonyl (C=O) groups excluding carboxylic acids is 1. The smallest absolute Gasteiger partial charge is 0.258 e. The van der Waals surface area contributed by atoms with E-state index in [1.54, 1.807) is 30.0 Å². The van der Waals surface area contributed by atoms with Crippen LogP contribution in [0.4, 0.5) is 9.52 Å². The third-order valence-corrected chi connectivity index (χ3v) is 5.85. The fraction of sp³-hybridized carbons (Fsp3) is 0.100. The molecule has 1 amide bonds. The Morgan fingerprint density at radius 2 is 1.93 bits per heavy atom. The number of nitrogens with zero attached hydrogens (tertiary/aromatic N) is 3. The van der Waals surface area contributed by atoms with Crippen molar-refractivity contribution < 1.29 is 9.18 Å². The maximum atomic E-state index is 13.3. The average molecular weight is 410 g/mol. The number of aromatic nitrogens is 3. The van der Waals surface area contributed by atoms with Gasteiger partial charge in [0, 0.05) is 10.9 Å². The topological polar surface area (TPSA) is 67.8 Å². The second kappa shape index (κ2) is 8.04. The molecule has 2 aromatic heterocycles. The van der Waals surface area contributed by atoms with E-state index < -0.39 is 0 Å². The van der Waals surface area contributed by atoms with Gasteiger partial charge in [0.25, 0.3) is 5.91 Å². The van der Waals surface area contributed by atoms with Crippen LogP contribution in [0.3, 0.4) is 0 Å². The number of halogens is 1. The molecule has 0 atom stereocenters. The maximum absolute atomic E-state index is 13.3. The van der Waals surface area contributed by atoms with E-state index in [1.807, 2.05) is 31.2 Å². The van der Waals surface area contributed by atoms with E-state index in [9.17, 15) is 9.18 Å². The van der Waals surface area contributed by atoms with Gasteiger partial charge in [-0.25, -0.2) is 9.37 Å². The fourth-order valence-electron chi connectivity index (χ4n) is 2.74. The monoisotopic (exact) mass is 410 g/mol. The van der Waals surface area contributed by atoms with Crippen molar-refractivity contribution in [1.29, 1.82) is 0 Å². The Kier molecular flexibility index (Phi) is 5.31. The zero-order valence-corrected chi connectivity index (χ0v) is 16.5. The van der Waals surface area contributed by atoms with Crippen LogP contribution < -0.4 is 5.32 Å². The number of anilines is 1. The molecule has 0 radical (unpaired) electrons. The van der Waals surface area contributed by atoms with Gasteiger partial charge in [0.15, 0.2) is 4.34 Å². The highest BCUT2D eigenvalue weighted by molar-refractivity contribution is 8.01. The van der Waals surface area contributed by atoms with Crippen LogP contribution >= 0.6 is 23.1 Å². The molecule has 0 fully saturated rings. The summed E-state index contributed by atoms with van der Waals surface area (Å²) in [4.78, 5) is 17.6. The molecule has 5 nitrogen and oxygen atoms in total. The Balaban J connectivity index is 1.73. The number of amides is 1. The molecular weight excluding hydrogens is 395 g/mol. The van der Waals surface area contributed by atoms with Gasteiger partial charge < -0.3 is 0 Å². The Bertz CT molecular complexity index is 1140. The minimum atomic E-state index is -0.320.